The fourth-order valence-electron chi connectivity index (χ4n) is 1.80. The maximum Gasteiger partial charge on any atom is 0.435 e. The summed E-state index contributed by atoms with van der Waals surface area (Å²) in [6.07, 6.45) is -1.52. The molecular formula is C13H14F4N4. The maximum atomic E-state index is 13.3. The van der Waals surface area contributed by atoms with E-state index in [1.807, 2.05) is 6.92 Å². The zero-order valence-electron chi connectivity index (χ0n) is 11.3. The molecule has 0 fully saturated rings. The molecule has 2 aromatic heterocycles. The Morgan fingerprint density at radius 3 is 2.71 bits per heavy atom. The molecule has 8 heteroatoms. The number of nitrogens with zero attached hydrogens (tertiary/aromatic N) is 3. The average molecular weight is 302 g/mol. The first-order valence-corrected chi connectivity index (χ1v) is 6.40. The van der Waals surface area contributed by atoms with Crippen molar-refractivity contribution in [1.82, 2.24) is 20.1 Å². The molecule has 0 saturated heterocycles. The van der Waals surface area contributed by atoms with E-state index in [0.717, 1.165) is 29.6 Å². The van der Waals surface area contributed by atoms with Crippen LogP contribution in [-0.4, -0.2) is 21.3 Å². The van der Waals surface area contributed by atoms with E-state index in [9.17, 15) is 17.6 Å². The lowest BCUT2D eigenvalue weighted by Crippen LogP contribution is -2.17. The third kappa shape index (κ3) is 3.78. The monoisotopic (exact) mass is 302 g/mol. The fraction of sp³-hybridized carbons (Fsp3) is 0.385. The van der Waals surface area contributed by atoms with E-state index in [1.54, 1.807) is 0 Å². The van der Waals surface area contributed by atoms with E-state index in [0.29, 0.717) is 18.7 Å². The average Bonchev–Trinajstić information content (AvgIpc) is 2.88. The summed E-state index contributed by atoms with van der Waals surface area (Å²) in [5.41, 5.74) is -0.568. The second kappa shape index (κ2) is 6.21. The Bertz CT molecular complexity index is 606. The van der Waals surface area contributed by atoms with Crippen LogP contribution in [0, 0.1) is 5.82 Å². The van der Waals surface area contributed by atoms with Gasteiger partial charge in [0.05, 0.1) is 6.20 Å². The van der Waals surface area contributed by atoms with Gasteiger partial charge in [0.15, 0.2) is 11.5 Å². The van der Waals surface area contributed by atoms with Gasteiger partial charge in [0.1, 0.15) is 5.82 Å². The largest absolute Gasteiger partial charge is 0.435 e. The molecule has 2 rings (SSSR count). The van der Waals surface area contributed by atoms with Crippen molar-refractivity contribution in [3.8, 4) is 5.82 Å². The molecule has 0 aliphatic rings. The van der Waals surface area contributed by atoms with E-state index in [-0.39, 0.29) is 5.82 Å². The van der Waals surface area contributed by atoms with Crippen LogP contribution in [0.25, 0.3) is 5.82 Å². The van der Waals surface area contributed by atoms with E-state index in [1.165, 1.54) is 6.07 Å². The van der Waals surface area contributed by atoms with Crippen molar-refractivity contribution in [2.24, 2.45) is 0 Å². The van der Waals surface area contributed by atoms with Crippen LogP contribution in [0.5, 0.6) is 0 Å². The molecule has 0 radical (unpaired) electrons. The second-order valence-corrected chi connectivity index (χ2v) is 4.46. The molecule has 2 heterocycles. The number of hydrogen-bond donors (Lipinski definition) is 1. The van der Waals surface area contributed by atoms with Crippen LogP contribution in [0.15, 0.2) is 24.5 Å². The predicted molar refractivity (Wildman–Crippen MR) is 68.3 cm³/mol. The van der Waals surface area contributed by atoms with Crippen molar-refractivity contribution in [2.45, 2.75) is 26.1 Å². The first-order valence-electron chi connectivity index (χ1n) is 6.40. The van der Waals surface area contributed by atoms with Crippen molar-refractivity contribution in [2.75, 3.05) is 6.54 Å². The smallest absolute Gasteiger partial charge is 0.313 e. The summed E-state index contributed by atoms with van der Waals surface area (Å²) in [5, 5.41) is 6.51. The van der Waals surface area contributed by atoms with Crippen molar-refractivity contribution in [1.29, 1.82) is 0 Å². The van der Waals surface area contributed by atoms with Crippen LogP contribution in [0.3, 0.4) is 0 Å². The third-order valence-electron chi connectivity index (χ3n) is 2.75. The van der Waals surface area contributed by atoms with Gasteiger partial charge in [0.2, 0.25) is 0 Å². The normalized spacial score (nSPS) is 11.9. The summed E-state index contributed by atoms with van der Waals surface area (Å²) < 4.78 is 52.0. The number of rotatable bonds is 5. The quantitative estimate of drug-likeness (QED) is 0.682. The highest BCUT2D eigenvalue weighted by molar-refractivity contribution is 5.33. The van der Waals surface area contributed by atoms with Gasteiger partial charge in [-0.1, -0.05) is 6.92 Å². The Morgan fingerprint density at radius 1 is 1.33 bits per heavy atom. The third-order valence-corrected chi connectivity index (χ3v) is 2.75. The van der Waals surface area contributed by atoms with Gasteiger partial charge in [-0.05, 0) is 25.1 Å². The SMILES string of the molecule is CCCNCc1cc(F)cnc1-n1ccc(C(F)(F)F)n1. The van der Waals surface area contributed by atoms with Crippen molar-refractivity contribution in [3.05, 3.63) is 41.6 Å². The number of aromatic nitrogens is 3. The van der Waals surface area contributed by atoms with Gasteiger partial charge in [-0.25, -0.2) is 14.1 Å². The molecular weight excluding hydrogens is 288 g/mol. The summed E-state index contributed by atoms with van der Waals surface area (Å²) in [7, 11) is 0. The molecule has 114 valence electrons. The molecule has 0 aliphatic heterocycles. The second-order valence-electron chi connectivity index (χ2n) is 4.46. The van der Waals surface area contributed by atoms with Crippen molar-refractivity contribution >= 4 is 0 Å². The van der Waals surface area contributed by atoms with E-state index in [4.69, 9.17) is 0 Å². The molecule has 0 atom stereocenters. The van der Waals surface area contributed by atoms with Crippen LogP contribution < -0.4 is 5.32 Å². The molecule has 1 N–H and O–H groups in total. The molecule has 0 spiro atoms. The fourth-order valence-corrected chi connectivity index (χ4v) is 1.80. The molecule has 0 unspecified atom stereocenters. The lowest BCUT2D eigenvalue weighted by atomic mass is 10.2. The van der Waals surface area contributed by atoms with E-state index < -0.39 is 17.7 Å². The molecule has 0 aliphatic carbocycles. The van der Waals surface area contributed by atoms with Gasteiger partial charge in [-0.15, -0.1) is 0 Å². The Hall–Kier alpha value is -1.96. The molecule has 2 aromatic rings. The highest BCUT2D eigenvalue weighted by atomic mass is 19.4. The van der Waals surface area contributed by atoms with Crippen LogP contribution in [0.1, 0.15) is 24.6 Å². The zero-order valence-corrected chi connectivity index (χ0v) is 11.3. The Kier molecular flexibility index (Phi) is 4.56. The summed E-state index contributed by atoms with van der Waals surface area (Å²) in [6.45, 7) is 2.98. The topological polar surface area (TPSA) is 42.7 Å². The van der Waals surface area contributed by atoms with Gasteiger partial charge >= 0.3 is 6.18 Å². The number of pyridine rings is 1. The molecule has 0 amide bonds. The minimum Gasteiger partial charge on any atom is -0.313 e. The van der Waals surface area contributed by atoms with Crippen LogP contribution in [-0.2, 0) is 12.7 Å². The van der Waals surface area contributed by atoms with Crippen molar-refractivity contribution < 1.29 is 17.6 Å². The highest BCUT2D eigenvalue weighted by Gasteiger charge is 2.33. The molecule has 0 bridgehead atoms. The lowest BCUT2D eigenvalue weighted by molar-refractivity contribution is -0.141. The summed E-state index contributed by atoms with van der Waals surface area (Å²) in [5.74, 6) is -0.370. The number of nitrogens with one attached hydrogen (secondary N) is 1. The summed E-state index contributed by atoms with van der Waals surface area (Å²) in [6, 6.07) is 2.09. The van der Waals surface area contributed by atoms with Crippen molar-refractivity contribution in [3.63, 3.8) is 0 Å². The summed E-state index contributed by atoms with van der Waals surface area (Å²) in [4.78, 5) is 3.84. The Balaban J connectivity index is 2.32. The zero-order chi connectivity index (χ0) is 15.5. The van der Waals surface area contributed by atoms with Gasteiger partial charge in [0.25, 0.3) is 0 Å². The standard InChI is InChI=1S/C13H14F4N4/c1-2-4-18-7-9-6-10(14)8-19-12(9)21-5-3-11(20-21)13(15,16)17/h3,5-6,8,18H,2,4,7H2,1H3. The number of alkyl halides is 3. The molecule has 21 heavy (non-hydrogen) atoms. The Labute approximate surface area is 118 Å². The van der Waals surface area contributed by atoms with Gasteiger partial charge in [-0.3, -0.25) is 0 Å². The summed E-state index contributed by atoms with van der Waals surface area (Å²) >= 11 is 0. The maximum absolute atomic E-state index is 13.3. The molecule has 0 aromatic carbocycles. The highest BCUT2D eigenvalue weighted by Crippen LogP contribution is 2.28. The minimum absolute atomic E-state index is 0.176. The van der Waals surface area contributed by atoms with Gasteiger partial charge < -0.3 is 5.32 Å². The first-order chi connectivity index (χ1) is 9.91. The lowest BCUT2D eigenvalue weighted by Gasteiger charge is -2.09. The van der Waals surface area contributed by atoms with E-state index in [2.05, 4.69) is 15.4 Å². The van der Waals surface area contributed by atoms with E-state index >= 15 is 0 Å². The van der Waals surface area contributed by atoms with Gasteiger partial charge in [0, 0.05) is 18.3 Å². The number of hydrogen-bond acceptors (Lipinski definition) is 3. The van der Waals surface area contributed by atoms with Crippen LogP contribution in [0.2, 0.25) is 0 Å². The molecule has 4 nitrogen and oxygen atoms in total. The van der Waals surface area contributed by atoms with Gasteiger partial charge in [-0.2, -0.15) is 18.3 Å². The van der Waals surface area contributed by atoms with Crippen LogP contribution in [0.4, 0.5) is 17.6 Å². The molecule has 0 saturated carbocycles. The first kappa shape index (κ1) is 15.4. The minimum atomic E-state index is -4.52. The predicted octanol–water partition coefficient (Wildman–Crippen LogP) is 2.92. The number of halogens is 4. The Morgan fingerprint density at radius 2 is 2.10 bits per heavy atom. The van der Waals surface area contributed by atoms with Crippen LogP contribution >= 0.6 is 0 Å².